The average molecular weight is 238 g/mol. The molecule has 5 nitrogen and oxygen atoms in total. The molecule has 16 heavy (non-hydrogen) atoms. The molecular formula is C8H5F3O5. The maximum absolute atomic E-state index is 11.8. The Kier molecular flexibility index (Phi) is 2.84. The van der Waals surface area contributed by atoms with E-state index in [-0.39, 0.29) is 0 Å². The van der Waals surface area contributed by atoms with Gasteiger partial charge in [-0.3, -0.25) is 0 Å². The highest BCUT2D eigenvalue weighted by Crippen LogP contribution is 2.38. The Bertz CT molecular complexity index is 426. The molecule has 0 heterocycles. The van der Waals surface area contributed by atoms with Crippen molar-refractivity contribution in [3.8, 4) is 17.2 Å². The summed E-state index contributed by atoms with van der Waals surface area (Å²) in [6.45, 7) is 0. The van der Waals surface area contributed by atoms with Gasteiger partial charge in [0.25, 0.3) is 0 Å². The minimum Gasteiger partial charge on any atom is -0.507 e. The Morgan fingerprint density at radius 2 is 1.81 bits per heavy atom. The van der Waals surface area contributed by atoms with Gasteiger partial charge < -0.3 is 20.1 Å². The van der Waals surface area contributed by atoms with Crippen molar-refractivity contribution in [2.45, 2.75) is 6.36 Å². The van der Waals surface area contributed by atoms with Crippen molar-refractivity contribution in [2.75, 3.05) is 0 Å². The monoisotopic (exact) mass is 238 g/mol. The van der Waals surface area contributed by atoms with Crippen LogP contribution in [0.3, 0.4) is 0 Å². The second-order valence-electron chi connectivity index (χ2n) is 2.66. The van der Waals surface area contributed by atoms with E-state index in [4.69, 9.17) is 15.3 Å². The number of rotatable bonds is 2. The molecule has 0 saturated carbocycles. The van der Waals surface area contributed by atoms with E-state index in [0.717, 1.165) is 0 Å². The lowest BCUT2D eigenvalue weighted by Gasteiger charge is -2.12. The summed E-state index contributed by atoms with van der Waals surface area (Å²) in [5, 5.41) is 26.7. The first-order valence-electron chi connectivity index (χ1n) is 3.76. The largest absolute Gasteiger partial charge is 0.573 e. The summed E-state index contributed by atoms with van der Waals surface area (Å²) in [5.74, 6) is -5.02. The molecule has 0 aliphatic rings. The molecule has 0 radical (unpaired) electrons. The van der Waals surface area contributed by atoms with Crippen LogP contribution in [-0.4, -0.2) is 27.7 Å². The van der Waals surface area contributed by atoms with Gasteiger partial charge in [0.1, 0.15) is 11.3 Å². The van der Waals surface area contributed by atoms with Gasteiger partial charge in [-0.25, -0.2) is 4.79 Å². The third kappa shape index (κ3) is 2.47. The summed E-state index contributed by atoms with van der Waals surface area (Å²) in [5.41, 5.74) is -1.05. The predicted molar refractivity (Wildman–Crippen MR) is 43.4 cm³/mol. The molecule has 0 aliphatic heterocycles. The first-order valence-corrected chi connectivity index (χ1v) is 3.76. The van der Waals surface area contributed by atoms with Crippen LogP contribution in [0.5, 0.6) is 17.2 Å². The van der Waals surface area contributed by atoms with Crippen LogP contribution in [-0.2, 0) is 0 Å². The zero-order chi connectivity index (χ0) is 12.5. The van der Waals surface area contributed by atoms with Gasteiger partial charge in [0.15, 0.2) is 11.5 Å². The van der Waals surface area contributed by atoms with Crippen molar-refractivity contribution in [3.05, 3.63) is 17.7 Å². The third-order valence-electron chi connectivity index (χ3n) is 1.56. The summed E-state index contributed by atoms with van der Waals surface area (Å²) in [4.78, 5) is 10.5. The van der Waals surface area contributed by atoms with Crippen LogP contribution in [0.25, 0.3) is 0 Å². The lowest BCUT2D eigenvalue weighted by atomic mass is 10.1. The molecule has 0 fully saturated rings. The zero-order valence-corrected chi connectivity index (χ0v) is 7.45. The Morgan fingerprint density at radius 3 is 2.25 bits per heavy atom. The van der Waals surface area contributed by atoms with Crippen molar-refractivity contribution in [1.82, 2.24) is 0 Å². The Hall–Kier alpha value is -2.12. The van der Waals surface area contributed by atoms with Crippen molar-refractivity contribution in [3.63, 3.8) is 0 Å². The maximum Gasteiger partial charge on any atom is 0.573 e. The fourth-order valence-electron chi connectivity index (χ4n) is 0.979. The molecule has 88 valence electrons. The highest BCUT2D eigenvalue weighted by atomic mass is 19.4. The first kappa shape index (κ1) is 12.0. The fourth-order valence-corrected chi connectivity index (χ4v) is 0.979. The van der Waals surface area contributed by atoms with Crippen LogP contribution in [0, 0.1) is 0 Å². The van der Waals surface area contributed by atoms with Gasteiger partial charge in [0.05, 0.1) is 0 Å². The van der Waals surface area contributed by atoms with Crippen LogP contribution in [0.15, 0.2) is 12.1 Å². The first-order chi connectivity index (χ1) is 7.22. The van der Waals surface area contributed by atoms with Gasteiger partial charge in [-0.05, 0) is 12.1 Å². The lowest BCUT2D eigenvalue weighted by molar-refractivity contribution is -0.275. The maximum atomic E-state index is 11.8. The summed E-state index contributed by atoms with van der Waals surface area (Å²) in [6, 6.07) is 1.27. The van der Waals surface area contributed by atoms with Gasteiger partial charge in [0, 0.05) is 0 Å². The van der Waals surface area contributed by atoms with Crippen LogP contribution in [0.2, 0.25) is 0 Å². The fraction of sp³-hybridized carbons (Fsp3) is 0.125. The van der Waals surface area contributed by atoms with Crippen LogP contribution < -0.4 is 4.74 Å². The molecule has 0 aliphatic carbocycles. The number of aromatic hydroxyl groups is 2. The topological polar surface area (TPSA) is 87.0 Å². The van der Waals surface area contributed by atoms with E-state index in [1.54, 1.807) is 0 Å². The minimum absolute atomic E-state index is 0.602. The number of carboxylic acid groups (broad SMARTS) is 1. The van der Waals surface area contributed by atoms with E-state index in [0.29, 0.717) is 12.1 Å². The molecule has 1 aromatic carbocycles. The number of ether oxygens (including phenoxy) is 1. The third-order valence-corrected chi connectivity index (χ3v) is 1.56. The van der Waals surface area contributed by atoms with Crippen LogP contribution in [0.1, 0.15) is 10.4 Å². The van der Waals surface area contributed by atoms with Gasteiger partial charge >= 0.3 is 12.3 Å². The summed E-state index contributed by atoms with van der Waals surface area (Å²) in [6.07, 6.45) is -5.07. The summed E-state index contributed by atoms with van der Waals surface area (Å²) in [7, 11) is 0. The van der Waals surface area contributed by atoms with E-state index < -0.39 is 35.1 Å². The standard InChI is InChI=1S/C8H5F3O5/c9-8(10,11)16-4-2-1-3(12)5(6(4)13)7(14)15/h1-2,12-13H,(H,14,15). The molecule has 1 rings (SSSR count). The predicted octanol–water partition coefficient (Wildman–Crippen LogP) is 1.69. The van der Waals surface area contributed by atoms with Gasteiger partial charge in [0.2, 0.25) is 0 Å². The Morgan fingerprint density at radius 1 is 1.25 bits per heavy atom. The molecule has 0 unspecified atom stereocenters. The molecule has 0 saturated heterocycles. The normalized spacial score (nSPS) is 11.2. The number of hydrogen-bond acceptors (Lipinski definition) is 4. The van der Waals surface area contributed by atoms with Crippen LogP contribution >= 0.6 is 0 Å². The molecule has 8 heteroatoms. The molecule has 0 spiro atoms. The number of phenols is 2. The SMILES string of the molecule is O=C(O)c1c(O)ccc(OC(F)(F)F)c1O. The van der Waals surface area contributed by atoms with E-state index in [1.165, 1.54) is 0 Å². The minimum atomic E-state index is -5.07. The van der Waals surface area contributed by atoms with Gasteiger partial charge in [-0.1, -0.05) is 0 Å². The molecule has 0 atom stereocenters. The van der Waals surface area contributed by atoms with E-state index in [9.17, 15) is 18.0 Å². The number of halogens is 3. The number of hydrogen-bond donors (Lipinski definition) is 3. The molecule has 0 aromatic heterocycles. The number of benzene rings is 1. The van der Waals surface area contributed by atoms with Crippen molar-refractivity contribution in [2.24, 2.45) is 0 Å². The molecule has 0 bridgehead atoms. The van der Waals surface area contributed by atoms with Crippen molar-refractivity contribution in [1.29, 1.82) is 0 Å². The quantitative estimate of drug-likeness (QED) is 0.729. The smallest absolute Gasteiger partial charge is 0.507 e. The number of carboxylic acids is 1. The lowest BCUT2D eigenvalue weighted by Crippen LogP contribution is -2.17. The molecule has 3 N–H and O–H groups in total. The molecular weight excluding hydrogens is 233 g/mol. The second-order valence-corrected chi connectivity index (χ2v) is 2.66. The zero-order valence-electron chi connectivity index (χ0n) is 7.45. The number of carbonyl (C=O) groups is 1. The average Bonchev–Trinajstić information content (AvgIpc) is 2.07. The second kappa shape index (κ2) is 3.80. The summed E-state index contributed by atoms with van der Waals surface area (Å²) < 4.78 is 38.8. The van der Waals surface area contributed by atoms with E-state index in [1.807, 2.05) is 0 Å². The number of alkyl halides is 3. The van der Waals surface area contributed by atoms with E-state index in [2.05, 4.69) is 4.74 Å². The summed E-state index contributed by atoms with van der Waals surface area (Å²) >= 11 is 0. The van der Waals surface area contributed by atoms with Crippen molar-refractivity contribution >= 4 is 5.97 Å². The highest BCUT2D eigenvalue weighted by molar-refractivity contribution is 5.94. The van der Waals surface area contributed by atoms with Crippen LogP contribution in [0.4, 0.5) is 13.2 Å². The van der Waals surface area contributed by atoms with E-state index >= 15 is 0 Å². The highest BCUT2D eigenvalue weighted by Gasteiger charge is 2.33. The van der Waals surface area contributed by atoms with Gasteiger partial charge in [-0.2, -0.15) is 0 Å². The van der Waals surface area contributed by atoms with Crippen molar-refractivity contribution < 1.29 is 38.0 Å². The Balaban J connectivity index is 3.24. The van der Waals surface area contributed by atoms with Gasteiger partial charge in [-0.15, -0.1) is 13.2 Å². The number of aromatic carboxylic acids is 1. The molecule has 0 amide bonds. The molecule has 1 aromatic rings. The Labute approximate surface area is 86.3 Å².